The molecule has 3 rings (SSSR count). The molecule has 1 atom stereocenters. The lowest BCUT2D eigenvalue weighted by Crippen LogP contribution is -2.24. The first-order valence-corrected chi connectivity index (χ1v) is 6.51. The Labute approximate surface area is 116 Å². The molecule has 1 aliphatic heterocycles. The number of carbonyl (C=O) groups excluding carboxylic acids is 1. The van der Waals surface area contributed by atoms with Gasteiger partial charge in [-0.15, -0.1) is 0 Å². The normalized spacial score (nSPS) is 15.8. The van der Waals surface area contributed by atoms with Gasteiger partial charge in [-0.2, -0.15) is 0 Å². The second-order valence-electron chi connectivity index (χ2n) is 4.77. The minimum Gasteiger partial charge on any atom is -0.491 e. The second-order valence-corrected chi connectivity index (χ2v) is 4.77. The molecule has 2 heterocycles. The summed E-state index contributed by atoms with van der Waals surface area (Å²) in [5, 5.41) is 2.79. The lowest BCUT2D eigenvalue weighted by atomic mass is 9.98. The van der Waals surface area contributed by atoms with Crippen molar-refractivity contribution >= 4 is 5.91 Å². The van der Waals surface area contributed by atoms with E-state index < -0.39 is 0 Å². The first kappa shape index (κ1) is 12.7. The summed E-state index contributed by atoms with van der Waals surface area (Å²) in [5.74, 6) is 1.25. The minimum absolute atomic E-state index is 0.129. The predicted octanol–water partition coefficient (Wildman–Crippen LogP) is 1.76. The van der Waals surface area contributed by atoms with E-state index in [4.69, 9.17) is 14.9 Å². The fraction of sp³-hybridized carbons (Fsp3) is 0.267. The summed E-state index contributed by atoms with van der Waals surface area (Å²) in [7, 11) is 0. The van der Waals surface area contributed by atoms with E-state index >= 15 is 0 Å². The van der Waals surface area contributed by atoms with Gasteiger partial charge in [0.05, 0.1) is 24.4 Å². The number of fused-ring (bicyclic) bond motifs is 1. The van der Waals surface area contributed by atoms with Crippen molar-refractivity contribution < 1.29 is 13.9 Å². The quantitative estimate of drug-likeness (QED) is 0.873. The average Bonchev–Trinajstić information content (AvgIpc) is 2.79. The molecule has 0 saturated heterocycles. The Bertz CT molecular complexity index is 648. The van der Waals surface area contributed by atoms with Crippen LogP contribution in [0.2, 0.25) is 0 Å². The van der Waals surface area contributed by atoms with E-state index in [-0.39, 0.29) is 11.9 Å². The van der Waals surface area contributed by atoms with Crippen LogP contribution in [0.3, 0.4) is 0 Å². The molecule has 0 saturated carbocycles. The van der Waals surface area contributed by atoms with Crippen LogP contribution >= 0.6 is 0 Å². The number of hydrogen-bond acceptors (Lipinski definition) is 4. The van der Waals surface area contributed by atoms with Gasteiger partial charge in [-0.25, -0.2) is 0 Å². The van der Waals surface area contributed by atoms with Gasteiger partial charge in [-0.05, 0) is 30.7 Å². The van der Waals surface area contributed by atoms with E-state index in [2.05, 4.69) is 5.32 Å². The number of aryl methyl sites for hydroxylation is 1. The highest BCUT2D eigenvalue weighted by molar-refractivity contribution is 5.97. The average molecular weight is 272 g/mol. The van der Waals surface area contributed by atoms with Crippen LogP contribution in [0.1, 0.15) is 33.3 Å². The van der Waals surface area contributed by atoms with Gasteiger partial charge in [-0.1, -0.05) is 6.07 Å². The van der Waals surface area contributed by atoms with Crippen LogP contribution in [0, 0.1) is 6.92 Å². The summed E-state index contributed by atoms with van der Waals surface area (Å²) in [6, 6.07) is 6.99. The molecule has 3 N–H and O–H groups in total. The van der Waals surface area contributed by atoms with Crippen molar-refractivity contribution in [3.05, 3.63) is 53.0 Å². The predicted molar refractivity (Wildman–Crippen MR) is 73.7 cm³/mol. The zero-order valence-electron chi connectivity index (χ0n) is 11.2. The van der Waals surface area contributed by atoms with Gasteiger partial charge in [0.15, 0.2) is 0 Å². The van der Waals surface area contributed by atoms with Crippen molar-refractivity contribution in [2.24, 2.45) is 5.73 Å². The van der Waals surface area contributed by atoms with Gasteiger partial charge in [0.1, 0.15) is 18.1 Å². The molecule has 1 aromatic carbocycles. The molecule has 1 amide bonds. The Kier molecular flexibility index (Phi) is 3.20. The standard InChI is InChI=1S/C15H16N2O3/c1-9-11(4-6-19-9)14(16)10-2-3-13-12(8-10)15(18)17-5-7-20-13/h2-4,6,8,14H,5,7,16H2,1H3,(H,17,18). The molecule has 1 aromatic heterocycles. The molecule has 104 valence electrons. The van der Waals surface area contributed by atoms with Gasteiger partial charge in [-0.3, -0.25) is 4.79 Å². The number of carbonyl (C=O) groups is 1. The van der Waals surface area contributed by atoms with E-state index in [0.717, 1.165) is 16.9 Å². The van der Waals surface area contributed by atoms with Gasteiger partial charge >= 0.3 is 0 Å². The zero-order chi connectivity index (χ0) is 14.1. The summed E-state index contributed by atoms with van der Waals surface area (Å²) in [5.41, 5.74) is 8.54. The monoisotopic (exact) mass is 272 g/mol. The molecule has 0 aliphatic carbocycles. The van der Waals surface area contributed by atoms with Crippen LogP contribution in [0.15, 0.2) is 34.9 Å². The van der Waals surface area contributed by atoms with Gasteiger partial charge in [0.2, 0.25) is 0 Å². The van der Waals surface area contributed by atoms with Crippen molar-refractivity contribution in [1.82, 2.24) is 5.32 Å². The molecule has 0 fully saturated rings. The van der Waals surface area contributed by atoms with Crippen LogP contribution in [-0.4, -0.2) is 19.1 Å². The number of ether oxygens (including phenoxy) is 1. The van der Waals surface area contributed by atoms with Gasteiger partial charge in [0, 0.05) is 5.56 Å². The maximum absolute atomic E-state index is 12.0. The van der Waals surface area contributed by atoms with Crippen LogP contribution < -0.4 is 15.8 Å². The highest BCUT2D eigenvalue weighted by Crippen LogP contribution is 2.28. The smallest absolute Gasteiger partial charge is 0.255 e. The number of nitrogens with two attached hydrogens (primary N) is 1. The summed E-state index contributed by atoms with van der Waals surface area (Å²) in [6.07, 6.45) is 1.61. The van der Waals surface area contributed by atoms with Crippen molar-refractivity contribution in [2.45, 2.75) is 13.0 Å². The highest BCUT2D eigenvalue weighted by atomic mass is 16.5. The summed E-state index contributed by atoms with van der Waals surface area (Å²) < 4.78 is 10.8. The zero-order valence-corrected chi connectivity index (χ0v) is 11.2. The molecule has 1 aliphatic rings. The number of hydrogen-bond donors (Lipinski definition) is 2. The highest BCUT2D eigenvalue weighted by Gasteiger charge is 2.20. The summed E-state index contributed by atoms with van der Waals surface area (Å²) in [4.78, 5) is 12.0. The molecule has 5 nitrogen and oxygen atoms in total. The largest absolute Gasteiger partial charge is 0.491 e. The molecule has 20 heavy (non-hydrogen) atoms. The van der Waals surface area contributed by atoms with Crippen LogP contribution in [-0.2, 0) is 0 Å². The molecular formula is C15H16N2O3. The number of rotatable bonds is 2. The summed E-state index contributed by atoms with van der Waals surface area (Å²) >= 11 is 0. The van der Waals surface area contributed by atoms with E-state index in [1.807, 2.05) is 19.1 Å². The third-order valence-corrected chi connectivity index (χ3v) is 3.49. The Hall–Kier alpha value is -2.27. The van der Waals surface area contributed by atoms with Crippen LogP contribution in [0.4, 0.5) is 0 Å². The fourth-order valence-electron chi connectivity index (χ4n) is 2.36. The molecule has 0 radical (unpaired) electrons. The third-order valence-electron chi connectivity index (χ3n) is 3.49. The lowest BCUT2D eigenvalue weighted by molar-refractivity contribution is 0.0957. The fourth-order valence-corrected chi connectivity index (χ4v) is 2.36. The number of amides is 1. The molecule has 2 aromatic rings. The molecule has 5 heteroatoms. The molecular weight excluding hydrogens is 256 g/mol. The van der Waals surface area contributed by atoms with E-state index in [0.29, 0.717) is 24.5 Å². The Morgan fingerprint density at radius 3 is 2.95 bits per heavy atom. The first-order chi connectivity index (χ1) is 9.66. The van der Waals surface area contributed by atoms with Crippen molar-refractivity contribution in [3.63, 3.8) is 0 Å². The lowest BCUT2D eigenvalue weighted by Gasteiger charge is -2.14. The molecule has 1 unspecified atom stereocenters. The maximum atomic E-state index is 12.0. The van der Waals surface area contributed by atoms with E-state index in [1.165, 1.54) is 0 Å². The Morgan fingerprint density at radius 1 is 1.35 bits per heavy atom. The van der Waals surface area contributed by atoms with Crippen molar-refractivity contribution in [2.75, 3.05) is 13.2 Å². The SMILES string of the molecule is Cc1occc1C(N)c1ccc2c(c1)C(=O)NCCO2. The van der Waals surface area contributed by atoms with Crippen molar-refractivity contribution in [1.29, 1.82) is 0 Å². The number of benzene rings is 1. The minimum atomic E-state index is -0.324. The molecule has 0 spiro atoms. The second kappa shape index (κ2) is 5.02. The van der Waals surface area contributed by atoms with E-state index in [1.54, 1.807) is 18.4 Å². The van der Waals surface area contributed by atoms with Crippen LogP contribution in [0.5, 0.6) is 5.75 Å². The first-order valence-electron chi connectivity index (χ1n) is 6.51. The van der Waals surface area contributed by atoms with Gasteiger partial charge in [0.25, 0.3) is 5.91 Å². The Morgan fingerprint density at radius 2 is 2.20 bits per heavy atom. The Balaban J connectivity index is 2.00. The maximum Gasteiger partial charge on any atom is 0.255 e. The topological polar surface area (TPSA) is 77.5 Å². The number of nitrogens with one attached hydrogen (secondary N) is 1. The van der Waals surface area contributed by atoms with E-state index in [9.17, 15) is 4.79 Å². The summed E-state index contributed by atoms with van der Waals surface area (Å²) in [6.45, 7) is 2.86. The van der Waals surface area contributed by atoms with Gasteiger partial charge < -0.3 is 20.2 Å². The third kappa shape index (κ3) is 2.16. The van der Waals surface area contributed by atoms with Crippen molar-refractivity contribution in [3.8, 4) is 5.75 Å². The number of furan rings is 1. The molecule has 0 bridgehead atoms. The van der Waals surface area contributed by atoms with Crippen LogP contribution in [0.25, 0.3) is 0 Å².